The third-order valence-corrected chi connectivity index (χ3v) is 7.85. The fourth-order valence-electron chi connectivity index (χ4n) is 4.45. The molecule has 1 aromatic heterocycles. The second kappa shape index (κ2) is 13.6. The van der Waals surface area contributed by atoms with Crippen LogP contribution in [0.5, 0.6) is 0 Å². The van der Waals surface area contributed by atoms with Crippen LogP contribution in [0.1, 0.15) is 21.6 Å². The Bertz CT molecular complexity index is 1710. The number of ether oxygens (including phenoxy) is 1. The molecule has 1 heterocycles. The molecule has 1 amide bonds. The lowest BCUT2D eigenvalue weighted by molar-refractivity contribution is -0.142. The number of halogens is 3. The van der Waals surface area contributed by atoms with Crippen LogP contribution in [0.4, 0.5) is 13.2 Å². The van der Waals surface area contributed by atoms with Crippen molar-refractivity contribution in [2.24, 2.45) is 0 Å². The van der Waals surface area contributed by atoms with Gasteiger partial charge in [0.05, 0.1) is 12.7 Å². The molecule has 1 atom stereocenters. The fourth-order valence-corrected chi connectivity index (χ4v) is 5.45. The molecule has 0 saturated carbocycles. The Morgan fingerprint density at radius 1 is 0.818 bits per heavy atom. The summed E-state index contributed by atoms with van der Waals surface area (Å²) >= 11 is 1.45. The summed E-state index contributed by atoms with van der Waals surface area (Å²) < 4.78 is 50.4. The summed E-state index contributed by atoms with van der Waals surface area (Å²) in [6.07, 6.45) is -4.51. The van der Waals surface area contributed by atoms with Crippen LogP contribution < -0.4 is 5.32 Å². The van der Waals surface area contributed by atoms with E-state index in [1.54, 1.807) is 12.1 Å². The molecule has 10 heteroatoms. The summed E-state index contributed by atoms with van der Waals surface area (Å²) in [5.74, 6) is -0.399. The maximum Gasteiger partial charge on any atom is 0.416 e. The number of hydrogen-bond donors (Lipinski definition) is 1. The zero-order valence-corrected chi connectivity index (χ0v) is 24.3. The van der Waals surface area contributed by atoms with E-state index in [0.29, 0.717) is 11.3 Å². The van der Waals surface area contributed by atoms with Crippen molar-refractivity contribution in [2.45, 2.75) is 18.0 Å². The highest BCUT2D eigenvalue weighted by Crippen LogP contribution is 2.34. The van der Waals surface area contributed by atoms with Gasteiger partial charge in [0.2, 0.25) is 5.89 Å². The Kier molecular flexibility index (Phi) is 9.50. The Morgan fingerprint density at radius 3 is 2.00 bits per heavy atom. The van der Waals surface area contributed by atoms with E-state index in [1.807, 2.05) is 72.8 Å². The first-order valence-corrected chi connectivity index (χ1v) is 14.7. The number of aromatic nitrogens is 1. The lowest BCUT2D eigenvalue weighted by atomic mass is 10.0. The molecule has 0 radical (unpaired) electrons. The van der Waals surface area contributed by atoms with Crippen molar-refractivity contribution >= 4 is 23.6 Å². The molecule has 4 aromatic carbocycles. The third kappa shape index (κ3) is 7.38. The number of hydrogen-bond acceptors (Lipinski definition) is 6. The monoisotopic (exact) mass is 616 g/mol. The Balaban J connectivity index is 1.45. The molecule has 0 saturated heterocycles. The van der Waals surface area contributed by atoms with E-state index < -0.39 is 29.7 Å². The topological polar surface area (TPSA) is 81.4 Å². The molecule has 5 rings (SSSR count). The standard InChI is InChI=1S/C34H27F3N2O4S/c1-42-33(41)28(21-44-20-22-8-4-2-5-9-22)38-31(40)29-30(25-14-12-24(13-15-25)23-10-6-3-7-11-23)43-32(39-29)26-16-18-27(19-17-26)34(35,36)37/h2-19,28H,20-21H2,1H3,(H,38,40)/t28-/m0/s1. The first kappa shape index (κ1) is 30.6. The van der Waals surface area contributed by atoms with Crippen molar-refractivity contribution in [1.82, 2.24) is 10.3 Å². The summed E-state index contributed by atoms with van der Waals surface area (Å²) in [5, 5.41) is 2.71. The van der Waals surface area contributed by atoms with Crippen LogP contribution in [0.15, 0.2) is 114 Å². The first-order valence-electron chi connectivity index (χ1n) is 13.6. The van der Waals surface area contributed by atoms with Gasteiger partial charge in [0, 0.05) is 22.6 Å². The van der Waals surface area contributed by atoms with E-state index in [2.05, 4.69) is 10.3 Å². The number of thioether (sulfide) groups is 1. The van der Waals surface area contributed by atoms with Crippen LogP contribution in [0.3, 0.4) is 0 Å². The van der Waals surface area contributed by atoms with Crippen molar-refractivity contribution in [3.05, 3.63) is 126 Å². The third-order valence-electron chi connectivity index (χ3n) is 6.74. The number of benzene rings is 4. The van der Waals surface area contributed by atoms with E-state index in [4.69, 9.17) is 9.15 Å². The molecule has 0 aliphatic carbocycles. The molecule has 1 N–H and O–H groups in total. The first-order chi connectivity index (χ1) is 21.2. The highest BCUT2D eigenvalue weighted by Gasteiger charge is 2.31. The van der Waals surface area contributed by atoms with Gasteiger partial charge in [-0.2, -0.15) is 24.9 Å². The van der Waals surface area contributed by atoms with Gasteiger partial charge < -0.3 is 14.5 Å². The molecule has 0 fully saturated rings. The number of esters is 1. The van der Waals surface area contributed by atoms with Gasteiger partial charge >= 0.3 is 12.1 Å². The zero-order chi connectivity index (χ0) is 31.1. The molecular formula is C34H27F3N2O4S. The van der Waals surface area contributed by atoms with Crippen LogP contribution >= 0.6 is 11.8 Å². The molecule has 6 nitrogen and oxygen atoms in total. The van der Waals surface area contributed by atoms with Crippen molar-refractivity contribution in [3.63, 3.8) is 0 Å². The van der Waals surface area contributed by atoms with Crippen LogP contribution in [0, 0.1) is 0 Å². The minimum Gasteiger partial charge on any atom is -0.467 e. The number of carbonyl (C=O) groups excluding carboxylic acids is 2. The molecule has 0 spiro atoms. The zero-order valence-electron chi connectivity index (χ0n) is 23.5. The second-order valence-electron chi connectivity index (χ2n) is 9.77. The lowest BCUT2D eigenvalue weighted by Gasteiger charge is -2.16. The maximum absolute atomic E-state index is 13.6. The number of oxazole rings is 1. The Labute approximate surface area is 256 Å². The summed E-state index contributed by atoms with van der Waals surface area (Å²) in [5.41, 5.74) is 2.82. The summed E-state index contributed by atoms with van der Waals surface area (Å²) in [6.45, 7) is 0. The van der Waals surface area contributed by atoms with Crippen molar-refractivity contribution < 1.29 is 31.9 Å². The Morgan fingerprint density at radius 2 is 1.39 bits per heavy atom. The predicted molar refractivity (Wildman–Crippen MR) is 164 cm³/mol. The smallest absolute Gasteiger partial charge is 0.416 e. The number of nitrogens with one attached hydrogen (secondary N) is 1. The minimum absolute atomic E-state index is 0.0425. The number of amides is 1. The van der Waals surface area contributed by atoms with Crippen molar-refractivity contribution in [3.8, 4) is 33.9 Å². The van der Waals surface area contributed by atoms with Gasteiger partial charge in [0.25, 0.3) is 5.91 Å². The quantitative estimate of drug-likeness (QED) is 0.161. The SMILES string of the molecule is COC(=O)[C@H](CSCc1ccccc1)NC(=O)c1nc(-c2ccc(C(F)(F)F)cc2)oc1-c1ccc(-c2ccccc2)cc1. The average Bonchev–Trinajstić information content (AvgIpc) is 3.50. The van der Waals surface area contributed by atoms with E-state index in [0.717, 1.165) is 28.8 Å². The largest absolute Gasteiger partial charge is 0.467 e. The molecule has 224 valence electrons. The lowest BCUT2D eigenvalue weighted by Crippen LogP contribution is -2.43. The van der Waals surface area contributed by atoms with Gasteiger partial charge in [-0.3, -0.25) is 4.79 Å². The number of rotatable bonds is 10. The van der Waals surface area contributed by atoms with Crippen LogP contribution in [0.25, 0.3) is 33.9 Å². The second-order valence-corrected chi connectivity index (χ2v) is 10.8. The average molecular weight is 617 g/mol. The van der Waals surface area contributed by atoms with Gasteiger partial charge in [-0.05, 0) is 41.0 Å². The molecule has 44 heavy (non-hydrogen) atoms. The van der Waals surface area contributed by atoms with Gasteiger partial charge in [-0.1, -0.05) is 84.9 Å². The van der Waals surface area contributed by atoms with Gasteiger partial charge in [0.15, 0.2) is 11.5 Å². The molecule has 5 aromatic rings. The van der Waals surface area contributed by atoms with Crippen molar-refractivity contribution in [1.29, 1.82) is 0 Å². The molecule has 0 aliphatic rings. The molecule has 0 aliphatic heterocycles. The fraction of sp³-hybridized carbons (Fsp3) is 0.147. The van der Waals surface area contributed by atoms with Gasteiger partial charge in [0.1, 0.15) is 6.04 Å². The van der Waals surface area contributed by atoms with E-state index >= 15 is 0 Å². The summed E-state index contributed by atoms with van der Waals surface area (Å²) in [6, 6.07) is 30.0. The molecule has 0 unspecified atom stereocenters. The molecular weight excluding hydrogens is 589 g/mol. The van der Waals surface area contributed by atoms with E-state index in [-0.39, 0.29) is 28.7 Å². The van der Waals surface area contributed by atoms with Gasteiger partial charge in [-0.25, -0.2) is 9.78 Å². The van der Waals surface area contributed by atoms with E-state index in [1.165, 1.54) is 31.0 Å². The van der Waals surface area contributed by atoms with Crippen LogP contribution in [-0.4, -0.2) is 35.8 Å². The van der Waals surface area contributed by atoms with Crippen molar-refractivity contribution in [2.75, 3.05) is 12.9 Å². The normalized spacial score (nSPS) is 12.0. The molecule has 0 bridgehead atoms. The number of carbonyl (C=O) groups is 2. The van der Waals surface area contributed by atoms with Gasteiger partial charge in [-0.15, -0.1) is 0 Å². The number of methoxy groups -OCH3 is 1. The van der Waals surface area contributed by atoms with E-state index in [9.17, 15) is 22.8 Å². The summed E-state index contributed by atoms with van der Waals surface area (Å²) in [4.78, 5) is 30.6. The van der Waals surface area contributed by atoms with Crippen LogP contribution in [-0.2, 0) is 21.5 Å². The minimum atomic E-state index is -4.51. The highest BCUT2D eigenvalue weighted by molar-refractivity contribution is 7.98. The Hall–Kier alpha value is -4.83. The summed E-state index contributed by atoms with van der Waals surface area (Å²) in [7, 11) is 1.24. The number of nitrogens with zero attached hydrogens (tertiary/aromatic N) is 1. The maximum atomic E-state index is 13.6. The highest BCUT2D eigenvalue weighted by atomic mass is 32.2. The predicted octanol–water partition coefficient (Wildman–Crippen LogP) is 7.90. The number of alkyl halides is 3. The van der Waals surface area contributed by atoms with Crippen LogP contribution in [0.2, 0.25) is 0 Å².